The molecule has 0 aromatic rings. The third kappa shape index (κ3) is 2.80. The van der Waals surface area contributed by atoms with Crippen LogP contribution >= 0.6 is 7.14 Å². The second-order valence-corrected chi connectivity index (χ2v) is 4.74. The molecule has 0 radical (unpaired) electrons. The topological polar surface area (TPSA) is 57.5 Å². The number of aliphatic hydroxyl groups is 2. The molecular formula is C3H9O3P. The van der Waals surface area contributed by atoms with E-state index in [2.05, 4.69) is 0 Å². The van der Waals surface area contributed by atoms with Gasteiger partial charge >= 0.3 is 0 Å². The maximum Gasteiger partial charge on any atom is 0.133 e. The zero-order valence-electron chi connectivity index (χ0n) is 4.16. The highest BCUT2D eigenvalue weighted by atomic mass is 31.2. The van der Waals surface area contributed by atoms with Crippen LogP contribution in [0.25, 0.3) is 0 Å². The lowest BCUT2D eigenvalue weighted by molar-refractivity contribution is 0.326. The standard InChI is InChI=1S/C3H9O3P/c1-7(6,2-4)3-5/h4-5H,2-3H2,1H3. The van der Waals surface area contributed by atoms with Crippen LogP contribution < -0.4 is 0 Å². The van der Waals surface area contributed by atoms with E-state index in [0.29, 0.717) is 0 Å². The molecule has 2 N–H and O–H groups in total. The van der Waals surface area contributed by atoms with Crippen molar-refractivity contribution in [3.63, 3.8) is 0 Å². The molecule has 4 heteroatoms. The molecule has 0 unspecified atom stereocenters. The summed E-state index contributed by atoms with van der Waals surface area (Å²) in [5, 5.41) is 16.3. The predicted molar refractivity (Wildman–Crippen MR) is 27.7 cm³/mol. The lowest BCUT2D eigenvalue weighted by Gasteiger charge is -2.01. The summed E-state index contributed by atoms with van der Waals surface area (Å²) in [7, 11) is -2.54. The van der Waals surface area contributed by atoms with Crippen LogP contribution in [0.15, 0.2) is 0 Å². The van der Waals surface area contributed by atoms with E-state index >= 15 is 0 Å². The lowest BCUT2D eigenvalue weighted by Crippen LogP contribution is -1.89. The number of aliphatic hydroxyl groups excluding tert-OH is 2. The maximum absolute atomic E-state index is 10.5. The average Bonchev–Trinajstić information content (AvgIpc) is 1.68. The fourth-order valence-corrected chi connectivity index (χ4v) is 0.134. The molecule has 0 bridgehead atoms. The van der Waals surface area contributed by atoms with E-state index in [1.807, 2.05) is 0 Å². The van der Waals surface area contributed by atoms with Gasteiger partial charge < -0.3 is 14.8 Å². The Balaban J connectivity index is 3.61. The van der Waals surface area contributed by atoms with Gasteiger partial charge in [0.1, 0.15) is 7.14 Å². The minimum absolute atomic E-state index is 0.399. The van der Waals surface area contributed by atoms with Crippen LogP contribution in [-0.4, -0.2) is 29.6 Å². The van der Waals surface area contributed by atoms with E-state index in [9.17, 15) is 4.57 Å². The zero-order valence-corrected chi connectivity index (χ0v) is 5.06. The molecule has 0 fully saturated rings. The van der Waals surface area contributed by atoms with E-state index in [1.54, 1.807) is 0 Å². The zero-order chi connectivity index (χ0) is 5.91. The second kappa shape index (κ2) is 2.46. The number of hydrogen-bond donors (Lipinski definition) is 2. The van der Waals surface area contributed by atoms with Crippen molar-refractivity contribution in [1.82, 2.24) is 0 Å². The van der Waals surface area contributed by atoms with Crippen LogP contribution in [0.3, 0.4) is 0 Å². The van der Waals surface area contributed by atoms with Crippen molar-refractivity contribution >= 4 is 7.14 Å². The van der Waals surface area contributed by atoms with Gasteiger partial charge in [-0.1, -0.05) is 0 Å². The Morgan fingerprint density at radius 3 is 1.71 bits per heavy atom. The summed E-state index contributed by atoms with van der Waals surface area (Å²) in [6.07, 6.45) is -0.799. The molecule has 0 aliphatic heterocycles. The molecule has 44 valence electrons. The van der Waals surface area contributed by atoms with Gasteiger partial charge in [-0.3, -0.25) is 0 Å². The van der Waals surface area contributed by atoms with Crippen LogP contribution in [-0.2, 0) is 4.57 Å². The van der Waals surface area contributed by atoms with Crippen molar-refractivity contribution in [3.8, 4) is 0 Å². The van der Waals surface area contributed by atoms with Crippen LogP contribution in [0.2, 0.25) is 0 Å². The van der Waals surface area contributed by atoms with Gasteiger partial charge in [0.05, 0.1) is 12.7 Å². The molecule has 0 saturated carbocycles. The smallest absolute Gasteiger partial charge is 0.133 e. The first-order valence-electron chi connectivity index (χ1n) is 1.89. The molecule has 0 aromatic heterocycles. The van der Waals surface area contributed by atoms with Crippen LogP contribution in [0.5, 0.6) is 0 Å². The summed E-state index contributed by atoms with van der Waals surface area (Å²) < 4.78 is 10.5. The minimum atomic E-state index is -2.54. The summed E-state index contributed by atoms with van der Waals surface area (Å²) in [5.41, 5.74) is 0. The highest BCUT2D eigenvalue weighted by Crippen LogP contribution is 2.37. The third-order valence-corrected chi connectivity index (χ3v) is 1.79. The summed E-state index contributed by atoms with van der Waals surface area (Å²) in [5.74, 6) is 0. The fraction of sp³-hybridized carbons (Fsp3) is 1.00. The van der Waals surface area contributed by atoms with Crippen molar-refractivity contribution in [2.75, 3.05) is 19.4 Å². The first kappa shape index (κ1) is 7.15. The first-order chi connectivity index (χ1) is 3.12. The summed E-state index contributed by atoms with van der Waals surface area (Å²) >= 11 is 0. The van der Waals surface area contributed by atoms with E-state index in [1.165, 1.54) is 6.66 Å². The van der Waals surface area contributed by atoms with E-state index in [4.69, 9.17) is 10.2 Å². The molecule has 0 rings (SSSR count). The van der Waals surface area contributed by atoms with Crippen molar-refractivity contribution < 1.29 is 14.8 Å². The highest BCUT2D eigenvalue weighted by molar-refractivity contribution is 7.62. The first-order valence-corrected chi connectivity index (χ1v) is 4.42. The second-order valence-electron chi connectivity index (χ2n) is 1.58. The Morgan fingerprint density at radius 1 is 1.43 bits per heavy atom. The third-order valence-electron chi connectivity index (χ3n) is 0.598. The number of rotatable bonds is 2. The van der Waals surface area contributed by atoms with Crippen molar-refractivity contribution in [2.45, 2.75) is 0 Å². The Bertz CT molecular complexity index is 82.2. The van der Waals surface area contributed by atoms with E-state index in [0.717, 1.165) is 0 Å². The largest absolute Gasteiger partial charge is 0.389 e. The lowest BCUT2D eigenvalue weighted by atomic mass is 11.7. The van der Waals surface area contributed by atoms with Gasteiger partial charge in [-0.25, -0.2) is 0 Å². The van der Waals surface area contributed by atoms with Gasteiger partial charge in [0.25, 0.3) is 0 Å². The molecule has 0 amide bonds. The summed E-state index contributed by atoms with van der Waals surface area (Å²) in [6.45, 7) is 1.35. The minimum Gasteiger partial charge on any atom is -0.389 e. The number of hydrogen-bond acceptors (Lipinski definition) is 3. The van der Waals surface area contributed by atoms with Crippen molar-refractivity contribution in [2.24, 2.45) is 0 Å². The van der Waals surface area contributed by atoms with Gasteiger partial charge in [-0.05, 0) is 6.66 Å². The van der Waals surface area contributed by atoms with Crippen LogP contribution in [0.4, 0.5) is 0 Å². The van der Waals surface area contributed by atoms with Gasteiger partial charge in [0.15, 0.2) is 0 Å². The van der Waals surface area contributed by atoms with E-state index in [-0.39, 0.29) is 0 Å². The summed E-state index contributed by atoms with van der Waals surface area (Å²) in [4.78, 5) is 0. The Hall–Kier alpha value is 0.150. The van der Waals surface area contributed by atoms with Crippen molar-refractivity contribution in [3.05, 3.63) is 0 Å². The quantitative estimate of drug-likeness (QED) is 0.504. The molecule has 0 atom stereocenters. The molecule has 3 nitrogen and oxygen atoms in total. The van der Waals surface area contributed by atoms with Gasteiger partial charge in [0, 0.05) is 0 Å². The van der Waals surface area contributed by atoms with Crippen molar-refractivity contribution in [1.29, 1.82) is 0 Å². The fourth-order valence-electron chi connectivity index (χ4n) is 0.0447. The molecule has 0 aliphatic carbocycles. The SMILES string of the molecule is CP(=O)(CO)CO. The highest BCUT2D eigenvalue weighted by Gasteiger charge is 2.09. The average molecular weight is 124 g/mol. The summed E-state index contributed by atoms with van der Waals surface area (Å²) in [6, 6.07) is 0. The van der Waals surface area contributed by atoms with Gasteiger partial charge in [-0.15, -0.1) is 0 Å². The maximum atomic E-state index is 10.5. The Kier molecular flexibility index (Phi) is 2.51. The van der Waals surface area contributed by atoms with Gasteiger partial charge in [-0.2, -0.15) is 0 Å². The van der Waals surface area contributed by atoms with Gasteiger partial charge in [0.2, 0.25) is 0 Å². The normalized spacial score (nSPS) is 11.9. The molecule has 0 aromatic carbocycles. The molecular weight excluding hydrogens is 115 g/mol. The van der Waals surface area contributed by atoms with E-state index < -0.39 is 19.8 Å². The molecule has 0 saturated heterocycles. The predicted octanol–water partition coefficient (Wildman–Crippen LogP) is -0.121. The molecule has 0 spiro atoms. The molecule has 0 aliphatic rings. The monoisotopic (exact) mass is 124 g/mol. The Labute approximate surface area is 42.3 Å². The van der Waals surface area contributed by atoms with Crippen LogP contribution in [0.1, 0.15) is 0 Å². The van der Waals surface area contributed by atoms with Crippen LogP contribution in [0, 0.1) is 0 Å². The molecule has 7 heavy (non-hydrogen) atoms. The Morgan fingerprint density at radius 2 is 1.71 bits per heavy atom. The molecule has 0 heterocycles.